The predicted octanol–water partition coefficient (Wildman–Crippen LogP) is 3.18. The third-order valence-electron chi connectivity index (χ3n) is 3.49. The number of hydrogen-bond acceptors (Lipinski definition) is 4. The number of hydrogen-bond donors (Lipinski definition) is 1. The van der Waals surface area contributed by atoms with E-state index in [-0.39, 0.29) is 28.4 Å². The molecule has 0 fully saturated rings. The number of halogens is 2. The van der Waals surface area contributed by atoms with E-state index in [0.29, 0.717) is 0 Å². The van der Waals surface area contributed by atoms with E-state index in [1.807, 2.05) is 0 Å². The minimum absolute atomic E-state index is 0.121. The van der Waals surface area contributed by atoms with Crippen LogP contribution in [-0.4, -0.2) is 19.7 Å². The lowest BCUT2D eigenvalue weighted by atomic mass is 10.2. The summed E-state index contributed by atoms with van der Waals surface area (Å²) in [6.45, 7) is 0. The molecular weight excluding hydrogens is 330 g/mol. The van der Waals surface area contributed by atoms with Gasteiger partial charge in [-0.2, -0.15) is 5.10 Å². The van der Waals surface area contributed by atoms with Gasteiger partial charge in [-0.1, -0.05) is 6.07 Å². The van der Waals surface area contributed by atoms with Crippen molar-refractivity contribution in [1.82, 2.24) is 19.7 Å². The molecule has 2 aromatic heterocycles. The zero-order valence-electron chi connectivity index (χ0n) is 12.6. The molecule has 1 N–H and O–H groups in total. The first-order chi connectivity index (χ1) is 12.1. The number of nitrogens with zero attached hydrogens (tertiary/aromatic N) is 3. The highest BCUT2D eigenvalue weighted by Gasteiger charge is 2.13. The van der Waals surface area contributed by atoms with Gasteiger partial charge in [-0.05, 0) is 24.3 Å². The third-order valence-corrected chi connectivity index (χ3v) is 3.49. The Morgan fingerprint density at radius 1 is 1.12 bits per heavy atom. The SMILES string of the molecule is O=c1[nH]c(-n2cccn2)nc2cc(F)c(Oc3cccc(F)c3)cc12. The largest absolute Gasteiger partial charge is 0.454 e. The van der Waals surface area contributed by atoms with Gasteiger partial charge in [-0.3, -0.25) is 9.78 Å². The van der Waals surface area contributed by atoms with Crippen LogP contribution in [0.2, 0.25) is 0 Å². The van der Waals surface area contributed by atoms with Crippen molar-refractivity contribution < 1.29 is 13.5 Å². The van der Waals surface area contributed by atoms with E-state index in [4.69, 9.17) is 4.74 Å². The summed E-state index contributed by atoms with van der Waals surface area (Å²) in [5.41, 5.74) is -0.321. The summed E-state index contributed by atoms with van der Waals surface area (Å²) in [4.78, 5) is 19.0. The second kappa shape index (κ2) is 5.82. The molecule has 8 heteroatoms. The van der Waals surface area contributed by atoms with E-state index in [1.54, 1.807) is 12.3 Å². The molecular formula is C17H10F2N4O2. The van der Waals surface area contributed by atoms with Crippen molar-refractivity contribution in [2.75, 3.05) is 0 Å². The van der Waals surface area contributed by atoms with E-state index >= 15 is 0 Å². The monoisotopic (exact) mass is 340 g/mol. The fraction of sp³-hybridized carbons (Fsp3) is 0. The Bertz CT molecular complexity index is 1120. The molecule has 4 rings (SSSR count). The first-order valence-corrected chi connectivity index (χ1v) is 7.27. The van der Waals surface area contributed by atoms with Crippen LogP contribution in [-0.2, 0) is 0 Å². The van der Waals surface area contributed by atoms with E-state index in [9.17, 15) is 13.6 Å². The minimum atomic E-state index is -0.721. The van der Waals surface area contributed by atoms with Gasteiger partial charge in [0.1, 0.15) is 11.6 Å². The molecule has 0 aliphatic carbocycles. The van der Waals surface area contributed by atoms with Crippen molar-refractivity contribution in [1.29, 1.82) is 0 Å². The molecule has 4 aromatic rings. The first kappa shape index (κ1) is 15.0. The van der Waals surface area contributed by atoms with Gasteiger partial charge in [-0.15, -0.1) is 0 Å². The number of aromatic amines is 1. The predicted molar refractivity (Wildman–Crippen MR) is 85.9 cm³/mol. The molecule has 0 radical (unpaired) electrons. The summed E-state index contributed by atoms with van der Waals surface area (Å²) in [7, 11) is 0. The van der Waals surface area contributed by atoms with E-state index < -0.39 is 17.2 Å². The van der Waals surface area contributed by atoms with Gasteiger partial charge in [0.2, 0.25) is 5.95 Å². The average molecular weight is 340 g/mol. The molecule has 0 spiro atoms. The van der Waals surface area contributed by atoms with Crippen LogP contribution >= 0.6 is 0 Å². The Labute approximate surface area is 139 Å². The van der Waals surface area contributed by atoms with Crippen molar-refractivity contribution in [3.8, 4) is 17.4 Å². The van der Waals surface area contributed by atoms with Crippen molar-refractivity contribution in [3.63, 3.8) is 0 Å². The zero-order valence-corrected chi connectivity index (χ0v) is 12.6. The fourth-order valence-electron chi connectivity index (χ4n) is 2.37. The highest BCUT2D eigenvalue weighted by molar-refractivity contribution is 5.80. The Morgan fingerprint density at radius 2 is 2.00 bits per heavy atom. The molecule has 2 heterocycles. The molecule has 0 saturated carbocycles. The molecule has 6 nitrogen and oxygen atoms in total. The van der Waals surface area contributed by atoms with Crippen LogP contribution in [0.15, 0.2) is 59.7 Å². The number of H-pyrrole nitrogens is 1. The van der Waals surface area contributed by atoms with E-state index in [1.165, 1.54) is 35.1 Å². The minimum Gasteiger partial charge on any atom is -0.454 e. The summed E-state index contributed by atoms with van der Waals surface area (Å²) >= 11 is 0. The van der Waals surface area contributed by atoms with Gasteiger partial charge in [-0.25, -0.2) is 18.4 Å². The summed E-state index contributed by atoms with van der Waals surface area (Å²) in [6.07, 6.45) is 3.13. The molecule has 2 aromatic carbocycles. The van der Waals surface area contributed by atoms with E-state index in [2.05, 4.69) is 15.1 Å². The van der Waals surface area contributed by atoms with Crippen LogP contribution in [0.25, 0.3) is 16.9 Å². The van der Waals surface area contributed by atoms with Crippen molar-refractivity contribution in [2.45, 2.75) is 0 Å². The Kier molecular flexibility index (Phi) is 3.50. The van der Waals surface area contributed by atoms with Crippen LogP contribution in [0.3, 0.4) is 0 Å². The highest BCUT2D eigenvalue weighted by Crippen LogP contribution is 2.27. The molecule has 0 unspecified atom stereocenters. The van der Waals surface area contributed by atoms with Gasteiger partial charge < -0.3 is 4.74 Å². The topological polar surface area (TPSA) is 72.8 Å². The van der Waals surface area contributed by atoms with Crippen LogP contribution < -0.4 is 10.3 Å². The average Bonchev–Trinajstić information content (AvgIpc) is 3.10. The van der Waals surface area contributed by atoms with Crippen LogP contribution in [0, 0.1) is 11.6 Å². The lowest BCUT2D eigenvalue weighted by molar-refractivity contribution is 0.440. The molecule has 25 heavy (non-hydrogen) atoms. The molecule has 0 atom stereocenters. The Balaban J connectivity index is 1.81. The van der Waals surface area contributed by atoms with Crippen LogP contribution in [0.4, 0.5) is 8.78 Å². The second-order valence-corrected chi connectivity index (χ2v) is 5.20. The molecule has 124 valence electrons. The third kappa shape index (κ3) is 2.85. The van der Waals surface area contributed by atoms with Gasteiger partial charge in [0.15, 0.2) is 11.6 Å². The maximum absolute atomic E-state index is 14.3. The highest BCUT2D eigenvalue weighted by atomic mass is 19.1. The van der Waals surface area contributed by atoms with Crippen molar-refractivity contribution in [3.05, 3.63) is 76.8 Å². The smallest absolute Gasteiger partial charge is 0.260 e. The second-order valence-electron chi connectivity index (χ2n) is 5.20. The normalized spacial score (nSPS) is 11.0. The van der Waals surface area contributed by atoms with E-state index in [0.717, 1.165) is 12.1 Å². The number of ether oxygens (including phenoxy) is 1. The number of benzene rings is 2. The first-order valence-electron chi connectivity index (χ1n) is 7.27. The summed E-state index contributed by atoms with van der Waals surface area (Å²) in [5.74, 6) is -1.14. The number of nitrogens with one attached hydrogen (secondary N) is 1. The lowest BCUT2D eigenvalue weighted by Crippen LogP contribution is -2.14. The molecule has 0 bridgehead atoms. The Hall–Kier alpha value is -3.55. The molecule has 0 aliphatic heterocycles. The lowest BCUT2D eigenvalue weighted by Gasteiger charge is -2.09. The van der Waals surface area contributed by atoms with Gasteiger partial charge in [0.05, 0.1) is 10.9 Å². The van der Waals surface area contributed by atoms with Crippen molar-refractivity contribution >= 4 is 10.9 Å². The number of fused-ring (bicyclic) bond motifs is 1. The van der Waals surface area contributed by atoms with Crippen molar-refractivity contribution in [2.24, 2.45) is 0 Å². The zero-order chi connectivity index (χ0) is 17.4. The maximum Gasteiger partial charge on any atom is 0.260 e. The molecule has 0 saturated heterocycles. The van der Waals surface area contributed by atoms with Gasteiger partial charge in [0, 0.05) is 24.5 Å². The molecule has 0 amide bonds. The summed E-state index contributed by atoms with van der Waals surface area (Å²) in [6, 6.07) is 9.27. The molecule has 0 aliphatic rings. The maximum atomic E-state index is 14.3. The number of rotatable bonds is 3. The number of aromatic nitrogens is 4. The van der Waals surface area contributed by atoms with Gasteiger partial charge >= 0.3 is 0 Å². The standard InChI is InChI=1S/C17H10F2N4O2/c18-10-3-1-4-11(7-10)25-15-8-12-14(9-13(15)19)21-17(22-16(12)24)23-6-2-5-20-23/h1-9H,(H,21,22,24). The van der Waals surface area contributed by atoms with Crippen LogP contribution in [0.5, 0.6) is 11.5 Å². The van der Waals surface area contributed by atoms with Crippen LogP contribution in [0.1, 0.15) is 0 Å². The quantitative estimate of drug-likeness (QED) is 0.622. The Morgan fingerprint density at radius 3 is 2.76 bits per heavy atom. The summed E-state index contributed by atoms with van der Waals surface area (Å²) < 4.78 is 34.2. The fourth-order valence-corrected chi connectivity index (χ4v) is 2.37. The van der Waals surface area contributed by atoms with Gasteiger partial charge in [0.25, 0.3) is 5.56 Å². The summed E-state index contributed by atoms with van der Waals surface area (Å²) in [5, 5.41) is 4.11.